The van der Waals surface area contributed by atoms with Gasteiger partial charge in [-0.3, -0.25) is 9.78 Å². The van der Waals surface area contributed by atoms with Gasteiger partial charge in [0.05, 0.1) is 23.5 Å². The van der Waals surface area contributed by atoms with Gasteiger partial charge in [-0.25, -0.2) is 13.1 Å². The lowest BCUT2D eigenvalue weighted by Crippen LogP contribution is -2.38. The summed E-state index contributed by atoms with van der Waals surface area (Å²) in [5.74, 6) is -0.184. The Bertz CT molecular complexity index is 843. The van der Waals surface area contributed by atoms with Crippen molar-refractivity contribution in [2.75, 3.05) is 30.7 Å². The molecule has 134 valence electrons. The van der Waals surface area contributed by atoms with Crippen LogP contribution in [0.1, 0.15) is 12.8 Å². The summed E-state index contributed by atoms with van der Waals surface area (Å²) in [5, 5.41) is 6.77. The van der Waals surface area contributed by atoms with Crippen molar-refractivity contribution in [1.82, 2.24) is 15.0 Å². The molecule has 8 heteroatoms. The summed E-state index contributed by atoms with van der Waals surface area (Å²) in [4.78, 5) is 16.4. The van der Waals surface area contributed by atoms with E-state index >= 15 is 0 Å². The van der Waals surface area contributed by atoms with E-state index in [0.29, 0.717) is 5.69 Å². The van der Waals surface area contributed by atoms with Gasteiger partial charge in [0.2, 0.25) is 15.9 Å². The van der Waals surface area contributed by atoms with Crippen molar-refractivity contribution in [3.05, 3.63) is 36.5 Å². The van der Waals surface area contributed by atoms with Crippen LogP contribution in [0.5, 0.6) is 0 Å². The van der Waals surface area contributed by atoms with Gasteiger partial charge in [0.25, 0.3) is 0 Å². The zero-order chi connectivity index (χ0) is 17.7. The first-order chi connectivity index (χ1) is 12.0. The first-order valence-corrected chi connectivity index (χ1v) is 10.0. The van der Waals surface area contributed by atoms with Gasteiger partial charge in [-0.15, -0.1) is 0 Å². The predicted octanol–water partition coefficient (Wildman–Crippen LogP) is 1.09. The average Bonchev–Trinajstić information content (AvgIpc) is 2.61. The third-order valence-electron chi connectivity index (χ3n) is 4.29. The lowest BCUT2D eigenvalue weighted by Gasteiger charge is -2.22. The summed E-state index contributed by atoms with van der Waals surface area (Å²) in [6.07, 6.45) is 3.37. The SMILES string of the molecule is O=C(CNS(=O)(=O)CC1CCNCC1)Nc1cccc2ncccc12. The molecule has 7 nitrogen and oxygen atoms in total. The van der Waals surface area contributed by atoms with E-state index in [4.69, 9.17) is 0 Å². The van der Waals surface area contributed by atoms with Crippen molar-refractivity contribution >= 4 is 32.5 Å². The molecule has 0 unspecified atom stereocenters. The Labute approximate surface area is 147 Å². The van der Waals surface area contributed by atoms with E-state index in [1.54, 1.807) is 24.4 Å². The maximum atomic E-state index is 12.1. The van der Waals surface area contributed by atoms with Crippen LogP contribution >= 0.6 is 0 Å². The molecule has 2 heterocycles. The van der Waals surface area contributed by atoms with Gasteiger partial charge in [0.15, 0.2) is 0 Å². The largest absolute Gasteiger partial charge is 0.324 e. The molecule has 0 radical (unpaired) electrons. The summed E-state index contributed by atoms with van der Waals surface area (Å²) in [5.41, 5.74) is 1.39. The Morgan fingerprint density at radius 1 is 1.20 bits per heavy atom. The monoisotopic (exact) mass is 362 g/mol. The van der Waals surface area contributed by atoms with Gasteiger partial charge in [-0.1, -0.05) is 6.07 Å². The van der Waals surface area contributed by atoms with Crippen molar-refractivity contribution < 1.29 is 13.2 Å². The molecule has 1 aromatic heterocycles. The van der Waals surface area contributed by atoms with Crippen LogP contribution in [0.2, 0.25) is 0 Å². The van der Waals surface area contributed by atoms with Gasteiger partial charge >= 0.3 is 0 Å². The number of aromatic nitrogens is 1. The number of rotatable bonds is 6. The van der Waals surface area contributed by atoms with Crippen molar-refractivity contribution in [3.8, 4) is 0 Å². The maximum absolute atomic E-state index is 12.1. The molecule has 1 aliphatic rings. The zero-order valence-corrected chi connectivity index (χ0v) is 14.7. The highest BCUT2D eigenvalue weighted by Crippen LogP contribution is 2.21. The van der Waals surface area contributed by atoms with E-state index in [2.05, 4.69) is 20.3 Å². The fraction of sp³-hybridized carbons (Fsp3) is 0.412. The van der Waals surface area contributed by atoms with Crippen molar-refractivity contribution in [2.24, 2.45) is 5.92 Å². The van der Waals surface area contributed by atoms with Crippen LogP contribution < -0.4 is 15.4 Å². The molecule has 1 aromatic carbocycles. The Morgan fingerprint density at radius 2 is 2.00 bits per heavy atom. The molecule has 0 bridgehead atoms. The second kappa shape index (κ2) is 7.90. The Balaban J connectivity index is 1.57. The average molecular weight is 362 g/mol. The van der Waals surface area contributed by atoms with Gasteiger partial charge < -0.3 is 10.6 Å². The minimum atomic E-state index is -3.46. The number of hydrogen-bond donors (Lipinski definition) is 3. The number of pyridine rings is 1. The second-order valence-electron chi connectivity index (χ2n) is 6.22. The highest BCUT2D eigenvalue weighted by Gasteiger charge is 2.21. The molecule has 1 fully saturated rings. The summed E-state index contributed by atoms with van der Waals surface area (Å²) in [6.45, 7) is 1.41. The van der Waals surface area contributed by atoms with Crippen molar-refractivity contribution in [1.29, 1.82) is 0 Å². The number of nitrogens with one attached hydrogen (secondary N) is 3. The number of nitrogens with zero attached hydrogens (tertiary/aromatic N) is 1. The molecule has 1 saturated heterocycles. The third kappa shape index (κ3) is 4.97. The molecule has 2 aromatic rings. The third-order valence-corrected chi connectivity index (χ3v) is 5.78. The van der Waals surface area contributed by atoms with Crippen LogP contribution in [0, 0.1) is 5.92 Å². The van der Waals surface area contributed by atoms with Gasteiger partial charge in [0.1, 0.15) is 0 Å². The summed E-state index contributed by atoms with van der Waals surface area (Å²) < 4.78 is 26.7. The second-order valence-corrected chi connectivity index (χ2v) is 8.07. The topological polar surface area (TPSA) is 100 Å². The minimum absolute atomic E-state index is 0.0696. The number of carbonyl (C=O) groups excluding carboxylic acids is 1. The summed E-state index contributed by atoms with van der Waals surface area (Å²) in [6, 6.07) is 9.07. The summed E-state index contributed by atoms with van der Waals surface area (Å²) in [7, 11) is -3.46. The van der Waals surface area contributed by atoms with Crippen LogP contribution in [-0.4, -0.2) is 44.7 Å². The molecule has 0 spiro atoms. The number of anilines is 1. The Kier molecular flexibility index (Phi) is 5.62. The van der Waals surface area contributed by atoms with E-state index in [0.717, 1.165) is 36.8 Å². The smallest absolute Gasteiger partial charge is 0.239 e. The normalized spacial score (nSPS) is 16.0. The van der Waals surface area contributed by atoms with Crippen molar-refractivity contribution in [3.63, 3.8) is 0 Å². The number of carbonyl (C=O) groups is 1. The lowest BCUT2D eigenvalue weighted by molar-refractivity contribution is -0.115. The minimum Gasteiger partial charge on any atom is -0.324 e. The Morgan fingerprint density at radius 3 is 2.80 bits per heavy atom. The van der Waals surface area contributed by atoms with Crippen molar-refractivity contribution in [2.45, 2.75) is 12.8 Å². The van der Waals surface area contributed by atoms with E-state index in [-0.39, 0.29) is 18.2 Å². The number of fused-ring (bicyclic) bond motifs is 1. The van der Waals surface area contributed by atoms with E-state index in [1.807, 2.05) is 12.1 Å². The molecular weight excluding hydrogens is 340 g/mol. The number of benzene rings is 1. The number of amides is 1. The summed E-state index contributed by atoms with van der Waals surface area (Å²) >= 11 is 0. The molecule has 0 atom stereocenters. The number of sulfonamides is 1. The molecule has 25 heavy (non-hydrogen) atoms. The highest BCUT2D eigenvalue weighted by molar-refractivity contribution is 7.89. The quantitative estimate of drug-likeness (QED) is 0.714. The molecule has 0 saturated carbocycles. The molecule has 1 amide bonds. The first kappa shape index (κ1) is 17.8. The Hall–Kier alpha value is -2.03. The molecule has 3 N–H and O–H groups in total. The molecule has 3 rings (SSSR count). The van der Waals surface area contributed by atoms with Crippen LogP contribution in [-0.2, 0) is 14.8 Å². The highest BCUT2D eigenvalue weighted by atomic mass is 32.2. The standard InChI is InChI=1S/C17H22N4O3S/c22-17(11-20-25(23,24)12-13-6-9-18-10-7-13)21-16-5-1-4-15-14(16)3-2-8-19-15/h1-5,8,13,18,20H,6-7,9-12H2,(H,21,22). The van der Waals surface area contributed by atoms with Gasteiger partial charge in [0, 0.05) is 11.6 Å². The fourth-order valence-electron chi connectivity index (χ4n) is 3.00. The van der Waals surface area contributed by atoms with E-state index in [9.17, 15) is 13.2 Å². The van der Waals surface area contributed by atoms with Crippen LogP contribution in [0.25, 0.3) is 10.9 Å². The predicted molar refractivity (Wildman–Crippen MR) is 97.8 cm³/mol. The zero-order valence-electron chi connectivity index (χ0n) is 13.9. The number of piperidine rings is 1. The molecule has 1 aliphatic heterocycles. The maximum Gasteiger partial charge on any atom is 0.239 e. The van der Waals surface area contributed by atoms with Crippen LogP contribution in [0.4, 0.5) is 5.69 Å². The van der Waals surface area contributed by atoms with Crippen LogP contribution in [0.15, 0.2) is 36.5 Å². The van der Waals surface area contributed by atoms with E-state index < -0.39 is 15.9 Å². The fourth-order valence-corrected chi connectivity index (χ4v) is 4.42. The molecule has 0 aliphatic carbocycles. The lowest BCUT2D eigenvalue weighted by atomic mass is 10.0. The van der Waals surface area contributed by atoms with Crippen LogP contribution in [0.3, 0.4) is 0 Å². The van der Waals surface area contributed by atoms with Gasteiger partial charge in [-0.2, -0.15) is 0 Å². The first-order valence-electron chi connectivity index (χ1n) is 8.35. The van der Waals surface area contributed by atoms with Gasteiger partial charge in [-0.05, 0) is 56.1 Å². The molecular formula is C17H22N4O3S. The number of hydrogen-bond acceptors (Lipinski definition) is 5. The van der Waals surface area contributed by atoms with E-state index in [1.165, 1.54) is 0 Å².